The van der Waals surface area contributed by atoms with Gasteiger partial charge in [-0.3, -0.25) is 9.89 Å². The van der Waals surface area contributed by atoms with Gasteiger partial charge in [0, 0.05) is 16.8 Å². The maximum absolute atomic E-state index is 12.9. The maximum atomic E-state index is 12.9. The number of thiophene rings is 1. The fraction of sp³-hybridized carbons (Fsp3) is 0.286. The molecule has 0 fully saturated rings. The zero-order valence-electron chi connectivity index (χ0n) is 15.6. The number of hydrogen-bond acceptors (Lipinski definition) is 4. The van der Waals surface area contributed by atoms with Crippen molar-refractivity contribution in [1.29, 1.82) is 5.26 Å². The summed E-state index contributed by atoms with van der Waals surface area (Å²) in [7, 11) is 0. The lowest BCUT2D eigenvalue weighted by Crippen LogP contribution is -2.17. The molecule has 3 aromatic rings. The number of aromatic nitrogens is 2. The lowest BCUT2D eigenvalue weighted by atomic mass is 10.1. The van der Waals surface area contributed by atoms with E-state index in [1.165, 1.54) is 10.4 Å². The highest BCUT2D eigenvalue weighted by atomic mass is 32.1. The van der Waals surface area contributed by atoms with Crippen LogP contribution in [0.1, 0.15) is 44.8 Å². The van der Waals surface area contributed by atoms with Gasteiger partial charge in [0.05, 0.1) is 16.8 Å². The highest BCUT2D eigenvalue weighted by molar-refractivity contribution is 7.16. The Morgan fingerprint density at radius 3 is 2.81 bits per heavy atom. The molecule has 0 unspecified atom stereocenters. The first-order valence-electron chi connectivity index (χ1n) is 8.97. The van der Waals surface area contributed by atoms with Crippen molar-refractivity contribution in [2.75, 3.05) is 0 Å². The van der Waals surface area contributed by atoms with E-state index in [-0.39, 0.29) is 5.56 Å². The van der Waals surface area contributed by atoms with Crippen molar-refractivity contribution in [1.82, 2.24) is 9.78 Å². The fourth-order valence-corrected chi connectivity index (χ4v) is 4.66. The molecule has 2 heterocycles. The van der Waals surface area contributed by atoms with Gasteiger partial charge in [0.15, 0.2) is 0 Å². The van der Waals surface area contributed by atoms with E-state index in [1.807, 2.05) is 39.0 Å². The van der Waals surface area contributed by atoms with Crippen LogP contribution in [-0.2, 0) is 12.8 Å². The van der Waals surface area contributed by atoms with Gasteiger partial charge in [-0.1, -0.05) is 6.07 Å². The zero-order chi connectivity index (χ0) is 19.1. The minimum Gasteiger partial charge on any atom is -0.295 e. The lowest BCUT2D eigenvalue weighted by Gasteiger charge is -2.05. The summed E-state index contributed by atoms with van der Waals surface area (Å²) in [4.78, 5) is 18.7. The largest absolute Gasteiger partial charge is 0.295 e. The average Bonchev–Trinajstić information content (AvgIpc) is 3.29. The summed E-state index contributed by atoms with van der Waals surface area (Å²) in [5.74, 6) is 0. The monoisotopic (exact) mass is 376 g/mol. The number of aliphatic imine (C=N–C) groups is 1. The molecule has 1 aliphatic carbocycles. The fourth-order valence-electron chi connectivity index (χ4n) is 3.48. The summed E-state index contributed by atoms with van der Waals surface area (Å²) in [6.45, 7) is 5.94. The summed E-state index contributed by atoms with van der Waals surface area (Å²) in [5, 5.41) is 13.3. The van der Waals surface area contributed by atoms with Gasteiger partial charge in [-0.25, -0.2) is 9.67 Å². The average molecular weight is 376 g/mol. The van der Waals surface area contributed by atoms with Crippen molar-refractivity contribution in [3.63, 3.8) is 0 Å². The third-order valence-corrected chi connectivity index (χ3v) is 6.39. The molecular formula is C21H20N4OS. The van der Waals surface area contributed by atoms with Crippen molar-refractivity contribution >= 4 is 22.6 Å². The van der Waals surface area contributed by atoms with E-state index in [0.29, 0.717) is 16.1 Å². The number of nitriles is 1. The molecule has 0 amide bonds. The van der Waals surface area contributed by atoms with E-state index in [1.54, 1.807) is 22.2 Å². The molecule has 0 saturated heterocycles. The number of nitrogens with one attached hydrogen (secondary N) is 1. The van der Waals surface area contributed by atoms with Crippen LogP contribution in [0.4, 0.5) is 5.00 Å². The molecule has 0 atom stereocenters. The quantitative estimate of drug-likeness (QED) is 0.694. The first kappa shape index (κ1) is 17.5. The van der Waals surface area contributed by atoms with E-state index in [4.69, 9.17) is 0 Å². The van der Waals surface area contributed by atoms with Crippen LogP contribution in [-0.4, -0.2) is 16.0 Å². The Morgan fingerprint density at radius 2 is 2.07 bits per heavy atom. The van der Waals surface area contributed by atoms with Crippen molar-refractivity contribution < 1.29 is 0 Å². The number of hydrogen-bond donors (Lipinski definition) is 1. The van der Waals surface area contributed by atoms with E-state index < -0.39 is 0 Å². The smallest absolute Gasteiger partial charge is 0.280 e. The molecule has 1 N–H and O–H groups in total. The predicted octanol–water partition coefficient (Wildman–Crippen LogP) is 4.26. The number of aromatic amines is 1. The molecule has 6 heteroatoms. The molecule has 4 rings (SSSR count). The van der Waals surface area contributed by atoms with Crippen LogP contribution in [0.15, 0.2) is 28.0 Å². The Bertz CT molecular complexity index is 1170. The summed E-state index contributed by atoms with van der Waals surface area (Å²) in [6, 6.07) is 8.22. The van der Waals surface area contributed by atoms with Crippen LogP contribution in [0.3, 0.4) is 0 Å². The molecule has 0 saturated carbocycles. The Kier molecular flexibility index (Phi) is 4.33. The number of H-pyrrole nitrogens is 1. The van der Waals surface area contributed by atoms with Crippen molar-refractivity contribution in [2.45, 2.75) is 40.0 Å². The molecule has 0 bridgehead atoms. The van der Waals surface area contributed by atoms with Crippen LogP contribution < -0.4 is 5.56 Å². The normalized spacial score (nSPS) is 13.3. The van der Waals surface area contributed by atoms with E-state index in [0.717, 1.165) is 41.8 Å². The van der Waals surface area contributed by atoms with Crippen molar-refractivity contribution in [2.24, 2.45) is 4.99 Å². The maximum Gasteiger partial charge on any atom is 0.280 e. The van der Waals surface area contributed by atoms with Crippen LogP contribution in [0.5, 0.6) is 0 Å². The summed E-state index contributed by atoms with van der Waals surface area (Å²) >= 11 is 1.57. The number of benzene rings is 1. The van der Waals surface area contributed by atoms with Gasteiger partial charge in [0.25, 0.3) is 5.56 Å². The van der Waals surface area contributed by atoms with Crippen LogP contribution >= 0.6 is 11.3 Å². The Hall–Kier alpha value is -2.91. The van der Waals surface area contributed by atoms with Gasteiger partial charge in [0.2, 0.25) is 0 Å². The SMILES string of the molecule is Cc1ccc(-n2[nH]c(C)c(/C=N/c3sc4c(c3C#N)CCC4)c2=O)cc1C. The van der Waals surface area contributed by atoms with Gasteiger partial charge in [-0.05, 0) is 68.9 Å². The Labute approximate surface area is 161 Å². The first-order chi connectivity index (χ1) is 13.0. The highest BCUT2D eigenvalue weighted by Gasteiger charge is 2.22. The molecule has 0 aliphatic heterocycles. The van der Waals surface area contributed by atoms with E-state index in [9.17, 15) is 10.1 Å². The van der Waals surface area contributed by atoms with Crippen molar-refractivity contribution in [3.05, 3.63) is 66.9 Å². The number of aryl methyl sites for hydroxylation is 4. The second-order valence-electron chi connectivity index (χ2n) is 6.97. The number of fused-ring (bicyclic) bond motifs is 1. The van der Waals surface area contributed by atoms with Gasteiger partial charge < -0.3 is 0 Å². The highest BCUT2D eigenvalue weighted by Crippen LogP contribution is 2.40. The topological polar surface area (TPSA) is 73.9 Å². The molecule has 0 radical (unpaired) electrons. The predicted molar refractivity (Wildman–Crippen MR) is 109 cm³/mol. The molecule has 1 aromatic carbocycles. The zero-order valence-corrected chi connectivity index (χ0v) is 16.4. The van der Waals surface area contributed by atoms with E-state index in [2.05, 4.69) is 16.2 Å². The molecule has 1 aliphatic rings. The third kappa shape index (κ3) is 2.94. The number of rotatable bonds is 3. The minimum atomic E-state index is -0.137. The first-order valence-corrected chi connectivity index (χ1v) is 9.79. The van der Waals surface area contributed by atoms with Gasteiger partial charge in [-0.2, -0.15) is 5.26 Å². The van der Waals surface area contributed by atoms with Gasteiger partial charge in [0.1, 0.15) is 11.1 Å². The Morgan fingerprint density at radius 1 is 1.26 bits per heavy atom. The summed E-state index contributed by atoms with van der Waals surface area (Å²) in [6.07, 6.45) is 4.67. The van der Waals surface area contributed by atoms with Crippen LogP contribution in [0.25, 0.3) is 5.69 Å². The van der Waals surface area contributed by atoms with Crippen LogP contribution in [0.2, 0.25) is 0 Å². The molecule has 27 heavy (non-hydrogen) atoms. The molecule has 136 valence electrons. The Balaban J connectivity index is 1.73. The summed E-state index contributed by atoms with van der Waals surface area (Å²) in [5.41, 5.74) is 6.08. The lowest BCUT2D eigenvalue weighted by molar-refractivity contribution is 0.833. The third-order valence-electron chi connectivity index (χ3n) is 5.19. The second-order valence-corrected chi connectivity index (χ2v) is 8.05. The van der Waals surface area contributed by atoms with E-state index >= 15 is 0 Å². The van der Waals surface area contributed by atoms with Gasteiger partial charge in [-0.15, -0.1) is 11.3 Å². The van der Waals surface area contributed by atoms with Crippen LogP contribution in [0, 0.1) is 32.1 Å². The molecule has 0 spiro atoms. The molecule has 5 nitrogen and oxygen atoms in total. The van der Waals surface area contributed by atoms with Gasteiger partial charge >= 0.3 is 0 Å². The summed E-state index contributed by atoms with van der Waals surface area (Å²) < 4.78 is 1.54. The minimum absolute atomic E-state index is 0.137. The standard InChI is InChI=1S/C21H20N4OS/c1-12-7-8-15(9-13(12)2)25-21(26)18(14(3)24-25)11-23-20-17(10-22)16-5-4-6-19(16)27-20/h7-9,11,24H,4-6H2,1-3H3/b23-11+. The second kappa shape index (κ2) is 6.67. The molecular weight excluding hydrogens is 356 g/mol. The molecule has 2 aromatic heterocycles. The van der Waals surface area contributed by atoms with Crippen molar-refractivity contribution in [3.8, 4) is 11.8 Å². The number of nitrogens with zero attached hydrogens (tertiary/aromatic N) is 3.